The Kier molecular flexibility index (Phi) is 2.98. The SMILES string of the molecule is O=C(O)C1CC1CNc1ccc2c(c1)CCCC2. The molecule has 3 heteroatoms. The van der Waals surface area contributed by atoms with E-state index in [-0.39, 0.29) is 5.92 Å². The molecule has 2 aliphatic rings. The van der Waals surface area contributed by atoms with Gasteiger partial charge in [-0.3, -0.25) is 4.79 Å². The molecule has 2 aliphatic carbocycles. The minimum absolute atomic E-state index is 0.116. The molecule has 0 aliphatic heterocycles. The minimum Gasteiger partial charge on any atom is -0.481 e. The average molecular weight is 245 g/mol. The Morgan fingerprint density at radius 1 is 1.28 bits per heavy atom. The first-order chi connectivity index (χ1) is 8.74. The zero-order valence-electron chi connectivity index (χ0n) is 10.5. The van der Waals surface area contributed by atoms with Crippen molar-refractivity contribution in [2.75, 3.05) is 11.9 Å². The number of rotatable bonds is 4. The lowest BCUT2D eigenvalue weighted by atomic mass is 9.91. The maximum atomic E-state index is 10.7. The maximum Gasteiger partial charge on any atom is 0.306 e. The van der Waals surface area contributed by atoms with Crippen molar-refractivity contribution in [3.63, 3.8) is 0 Å². The summed E-state index contributed by atoms with van der Waals surface area (Å²) in [7, 11) is 0. The maximum absolute atomic E-state index is 10.7. The highest BCUT2D eigenvalue weighted by molar-refractivity contribution is 5.73. The predicted molar refractivity (Wildman–Crippen MR) is 70.8 cm³/mol. The van der Waals surface area contributed by atoms with Crippen molar-refractivity contribution in [3.05, 3.63) is 29.3 Å². The normalized spacial score (nSPS) is 25.3. The van der Waals surface area contributed by atoms with E-state index in [0.29, 0.717) is 5.92 Å². The molecule has 2 N–H and O–H groups in total. The van der Waals surface area contributed by atoms with Crippen LogP contribution in [0.5, 0.6) is 0 Å². The molecule has 1 fully saturated rings. The fourth-order valence-corrected chi connectivity index (χ4v) is 2.87. The van der Waals surface area contributed by atoms with Crippen molar-refractivity contribution in [2.24, 2.45) is 11.8 Å². The third-order valence-electron chi connectivity index (χ3n) is 4.16. The molecule has 0 saturated heterocycles. The second kappa shape index (κ2) is 4.63. The second-order valence-electron chi connectivity index (χ2n) is 5.51. The van der Waals surface area contributed by atoms with Gasteiger partial charge >= 0.3 is 5.97 Å². The molecular weight excluding hydrogens is 226 g/mol. The standard InChI is InChI=1S/C15H19NO2/c17-15(18)14-8-12(14)9-16-13-6-5-10-3-1-2-4-11(10)7-13/h5-7,12,14,16H,1-4,8-9H2,(H,17,18). The molecule has 0 aromatic heterocycles. The largest absolute Gasteiger partial charge is 0.481 e. The third-order valence-corrected chi connectivity index (χ3v) is 4.16. The van der Waals surface area contributed by atoms with E-state index in [1.54, 1.807) is 0 Å². The van der Waals surface area contributed by atoms with Crippen LogP contribution in [0.25, 0.3) is 0 Å². The summed E-state index contributed by atoms with van der Waals surface area (Å²) in [5.41, 5.74) is 4.10. The summed E-state index contributed by atoms with van der Waals surface area (Å²) in [6.45, 7) is 0.787. The molecule has 96 valence electrons. The fraction of sp³-hybridized carbons (Fsp3) is 0.533. The number of benzene rings is 1. The summed E-state index contributed by atoms with van der Waals surface area (Å²) in [5, 5.41) is 12.2. The summed E-state index contributed by atoms with van der Waals surface area (Å²) < 4.78 is 0. The summed E-state index contributed by atoms with van der Waals surface area (Å²) in [6.07, 6.45) is 5.82. The van der Waals surface area contributed by atoms with Gasteiger partial charge in [0.1, 0.15) is 0 Å². The Bertz CT molecular complexity index is 470. The molecule has 2 unspecified atom stereocenters. The Morgan fingerprint density at radius 3 is 2.78 bits per heavy atom. The van der Waals surface area contributed by atoms with E-state index in [1.165, 1.54) is 36.8 Å². The Morgan fingerprint density at radius 2 is 2.06 bits per heavy atom. The van der Waals surface area contributed by atoms with Gasteiger partial charge in [-0.15, -0.1) is 0 Å². The lowest BCUT2D eigenvalue weighted by molar-refractivity contribution is -0.138. The van der Waals surface area contributed by atoms with Gasteiger partial charge < -0.3 is 10.4 Å². The van der Waals surface area contributed by atoms with Crippen molar-refractivity contribution >= 4 is 11.7 Å². The molecule has 0 radical (unpaired) electrons. The monoisotopic (exact) mass is 245 g/mol. The van der Waals surface area contributed by atoms with E-state index in [4.69, 9.17) is 5.11 Å². The first-order valence-corrected chi connectivity index (χ1v) is 6.82. The van der Waals surface area contributed by atoms with Crippen LogP contribution in [0.15, 0.2) is 18.2 Å². The van der Waals surface area contributed by atoms with Crippen LogP contribution in [0.3, 0.4) is 0 Å². The van der Waals surface area contributed by atoms with Gasteiger partial charge in [-0.25, -0.2) is 0 Å². The summed E-state index contributed by atoms with van der Waals surface area (Å²) >= 11 is 0. The van der Waals surface area contributed by atoms with Crippen LogP contribution in [0, 0.1) is 11.8 Å². The van der Waals surface area contributed by atoms with E-state index >= 15 is 0 Å². The highest BCUT2D eigenvalue weighted by Crippen LogP contribution is 2.38. The molecule has 3 rings (SSSR count). The van der Waals surface area contributed by atoms with Gasteiger partial charge in [0.25, 0.3) is 0 Å². The zero-order valence-corrected chi connectivity index (χ0v) is 10.5. The summed E-state index contributed by atoms with van der Waals surface area (Å²) in [6, 6.07) is 6.59. The molecule has 18 heavy (non-hydrogen) atoms. The van der Waals surface area contributed by atoms with Gasteiger partial charge in [-0.1, -0.05) is 6.07 Å². The Labute approximate surface area is 107 Å². The van der Waals surface area contributed by atoms with Gasteiger partial charge in [0.15, 0.2) is 0 Å². The van der Waals surface area contributed by atoms with Crippen LogP contribution >= 0.6 is 0 Å². The zero-order chi connectivity index (χ0) is 12.5. The van der Waals surface area contributed by atoms with Crippen LogP contribution < -0.4 is 5.32 Å². The molecule has 0 spiro atoms. The summed E-state index contributed by atoms with van der Waals surface area (Å²) in [5.74, 6) is -0.444. The number of carboxylic acid groups (broad SMARTS) is 1. The van der Waals surface area contributed by atoms with E-state index in [9.17, 15) is 4.79 Å². The molecule has 1 saturated carbocycles. The number of fused-ring (bicyclic) bond motifs is 1. The molecular formula is C15H19NO2. The topological polar surface area (TPSA) is 49.3 Å². The van der Waals surface area contributed by atoms with E-state index < -0.39 is 5.97 Å². The van der Waals surface area contributed by atoms with Gasteiger partial charge in [-0.05, 0) is 61.3 Å². The van der Waals surface area contributed by atoms with Crippen molar-refractivity contribution < 1.29 is 9.90 Å². The van der Waals surface area contributed by atoms with Crippen LogP contribution in [-0.2, 0) is 17.6 Å². The van der Waals surface area contributed by atoms with Crippen molar-refractivity contribution in [1.82, 2.24) is 0 Å². The van der Waals surface area contributed by atoms with Gasteiger partial charge in [0.2, 0.25) is 0 Å². The van der Waals surface area contributed by atoms with E-state index in [2.05, 4.69) is 23.5 Å². The molecule has 0 amide bonds. The first-order valence-electron chi connectivity index (χ1n) is 6.82. The number of anilines is 1. The van der Waals surface area contributed by atoms with Crippen LogP contribution in [-0.4, -0.2) is 17.6 Å². The smallest absolute Gasteiger partial charge is 0.306 e. The third kappa shape index (κ3) is 2.35. The van der Waals surface area contributed by atoms with E-state index in [0.717, 1.165) is 18.7 Å². The molecule has 0 heterocycles. The van der Waals surface area contributed by atoms with Crippen molar-refractivity contribution in [3.8, 4) is 0 Å². The van der Waals surface area contributed by atoms with Crippen LogP contribution in [0.4, 0.5) is 5.69 Å². The van der Waals surface area contributed by atoms with Crippen molar-refractivity contribution in [1.29, 1.82) is 0 Å². The molecule has 0 bridgehead atoms. The number of hydrogen-bond donors (Lipinski definition) is 2. The fourth-order valence-electron chi connectivity index (χ4n) is 2.87. The number of aryl methyl sites for hydroxylation is 2. The number of aliphatic carboxylic acids is 1. The number of hydrogen-bond acceptors (Lipinski definition) is 2. The molecule has 3 nitrogen and oxygen atoms in total. The Hall–Kier alpha value is -1.51. The van der Waals surface area contributed by atoms with Gasteiger partial charge in [-0.2, -0.15) is 0 Å². The number of carboxylic acids is 1. The molecule has 2 atom stereocenters. The molecule has 1 aromatic carbocycles. The first kappa shape index (κ1) is 11.6. The molecule has 1 aromatic rings. The Balaban J connectivity index is 1.59. The average Bonchev–Trinajstić information content (AvgIpc) is 3.16. The lowest BCUT2D eigenvalue weighted by Crippen LogP contribution is -2.09. The van der Waals surface area contributed by atoms with Crippen LogP contribution in [0.1, 0.15) is 30.4 Å². The van der Waals surface area contributed by atoms with Gasteiger partial charge in [0, 0.05) is 12.2 Å². The van der Waals surface area contributed by atoms with Crippen LogP contribution in [0.2, 0.25) is 0 Å². The number of carbonyl (C=O) groups is 1. The van der Waals surface area contributed by atoms with Crippen molar-refractivity contribution in [2.45, 2.75) is 32.1 Å². The minimum atomic E-state index is -0.646. The second-order valence-corrected chi connectivity index (χ2v) is 5.51. The lowest BCUT2D eigenvalue weighted by Gasteiger charge is -2.17. The highest BCUT2D eigenvalue weighted by Gasteiger charge is 2.42. The van der Waals surface area contributed by atoms with Gasteiger partial charge in [0.05, 0.1) is 5.92 Å². The van der Waals surface area contributed by atoms with E-state index in [1.807, 2.05) is 0 Å². The summed E-state index contributed by atoms with van der Waals surface area (Å²) in [4.78, 5) is 10.7. The quantitative estimate of drug-likeness (QED) is 0.857. The number of nitrogens with one attached hydrogen (secondary N) is 1. The predicted octanol–water partition coefficient (Wildman–Crippen LogP) is 2.70. The highest BCUT2D eigenvalue weighted by atomic mass is 16.4.